The number of hydrogen-bond donors (Lipinski definition) is 1. The van der Waals surface area contributed by atoms with Crippen LogP contribution in [0, 0.1) is 0 Å². The van der Waals surface area contributed by atoms with Crippen LogP contribution in [0.4, 0.5) is 0 Å². The molecule has 1 aliphatic heterocycles. The molecular weight excluding hydrogens is 268 g/mol. The first-order chi connectivity index (χ1) is 10.1. The van der Waals surface area contributed by atoms with Crippen molar-refractivity contribution in [2.75, 3.05) is 33.4 Å². The summed E-state index contributed by atoms with van der Waals surface area (Å²) in [5.74, 6) is -0.0995. The monoisotopic (exact) mass is 298 g/mol. The number of nitrogens with zero attached hydrogens (tertiary/aromatic N) is 1. The highest BCUT2D eigenvalue weighted by molar-refractivity contribution is 5.81. The predicted molar refractivity (Wildman–Crippen MR) is 82.3 cm³/mol. The highest BCUT2D eigenvalue weighted by Gasteiger charge is 2.47. The highest BCUT2D eigenvalue weighted by Crippen LogP contribution is 2.35. The third kappa shape index (κ3) is 3.96. The summed E-state index contributed by atoms with van der Waals surface area (Å²) >= 11 is 0. The maximum atomic E-state index is 12.3. The van der Waals surface area contributed by atoms with Gasteiger partial charge in [-0.2, -0.15) is 0 Å². The maximum Gasteiger partial charge on any atom is 0.326 e. The second-order valence-electron chi connectivity index (χ2n) is 6.43. The Morgan fingerprint density at radius 1 is 1.52 bits per heavy atom. The molecule has 2 aliphatic rings. The van der Waals surface area contributed by atoms with Gasteiger partial charge in [0.1, 0.15) is 5.54 Å². The van der Waals surface area contributed by atoms with E-state index in [0.29, 0.717) is 6.04 Å². The molecule has 5 nitrogen and oxygen atoms in total. The standard InChI is InChI=1S/C16H30N2O3/c1-4-8-17-16(15(19)20-3)7-6-14(11-16)18-9-5-10-21-13(2)12-18/h13-14,17H,4-12H2,1-3H3. The van der Waals surface area contributed by atoms with Crippen molar-refractivity contribution in [3.8, 4) is 0 Å². The molecule has 2 rings (SSSR count). The van der Waals surface area contributed by atoms with Crippen molar-refractivity contribution in [1.29, 1.82) is 0 Å². The molecule has 0 aromatic rings. The van der Waals surface area contributed by atoms with Crippen molar-refractivity contribution in [2.24, 2.45) is 0 Å². The summed E-state index contributed by atoms with van der Waals surface area (Å²) in [7, 11) is 1.49. The Bertz CT molecular complexity index is 350. The first kappa shape index (κ1) is 16.7. The molecule has 3 atom stereocenters. The molecule has 0 radical (unpaired) electrons. The molecule has 3 unspecified atom stereocenters. The summed E-state index contributed by atoms with van der Waals surface area (Å²) in [6.45, 7) is 8.01. The van der Waals surface area contributed by atoms with Gasteiger partial charge in [0.15, 0.2) is 0 Å². The van der Waals surface area contributed by atoms with Crippen LogP contribution in [-0.4, -0.2) is 61.9 Å². The molecule has 21 heavy (non-hydrogen) atoms. The van der Waals surface area contributed by atoms with Gasteiger partial charge in [-0.25, -0.2) is 0 Å². The zero-order valence-corrected chi connectivity index (χ0v) is 13.7. The Kier molecular flexibility index (Phi) is 6.02. The largest absolute Gasteiger partial charge is 0.468 e. The first-order valence-electron chi connectivity index (χ1n) is 8.30. The number of rotatable bonds is 5. The van der Waals surface area contributed by atoms with Crippen LogP contribution >= 0.6 is 0 Å². The van der Waals surface area contributed by atoms with Crippen LogP contribution < -0.4 is 5.32 Å². The van der Waals surface area contributed by atoms with Crippen LogP contribution in [0.2, 0.25) is 0 Å². The molecule has 0 amide bonds. The molecule has 1 saturated heterocycles. The van der Waals surface area contributed by atoms with Crippen molar-refractivity contribution >= 4 is 5.97 Å². The number of hydrogen-bond acceptors (Lipinski definition) is 5. The Morgan fingerprint density at radius 3 is 3.05 bits per heavy atom. The normalized spacial score (nSPS) is 34.6. The lowest BCUT2D eigenvalue weighted by atomic mass is 9.96. The molecule has 0 spiro atoms. The van der Waals surface area contributed by atoms with E-state index in [1.165, 1.54) is 7.11 Å². The number of esters is 1. The second kappa shape index (κ2) is 7.56. The summed E-state index contributed by atoms with van der Waals surface area (Å²) in [5, 5.41) is 3.46. The number of nitrogens with one attached hydrogen (secondary N) is 1. The maximum absolute atomic E-state index is 12.3. The molecule has 0 bridgehead atoms. The van der Waals surface area contributed by atoms with Gasteiger partial charge in [-0.1, -0.05) is 6.92 Å². The van der Waals surface area contributed by atoms with Gasteiger partial charge in [-0.15, -0.1) is 0 Å². The zero-order valence-electron chi connectivity index (χ0n) is 13.7. The molecule has 1 N–H and O–H groups in total. The molecule has 0 aromatic carbocycles. The number of carbonyl (C=O) groups is 1. The minimum Gasteiger partial charge on any atom is -0.468 e. The van der Waals surface area contributed by atoms with E-state index in [-0.39, 0.29) is 12.1 Å². The minimum atomic E-state index is -0.480. The summed E-state index contributed by atoms with van der Waals surface area (Å²) in [6, 6.07) is 0.456. The van der Waals surface area contributed by atoms with Gasteiger partial charge in [0, 0.05) is 25.7 Å². The topological polar surface area (TPSA) is 50.8 Å². The Hall–Kier alpha value is -0.650. The SMILES string of the molecule is CCCNC1(C(=O)OC)CCC(N2CCCOC(C)C2)C1. The fourth-order valence-electron chi connectivity index (χ4n) is 3.67. The molecule has 1 saturated carbocycles. The number of methoxy groups -OCH3 is 1. The van der Waals surface area contributed by atoms with Gasteiger partial charge in [-0.3, -0.25) is 9.69 Å². The summed E-state index contributed by atoms with van der Waals surface area (Å²) < 4.78 is 10.8. The lowest BCUT2D eigenvalue weighted by Gasteiger charge is -2.31. The summed E-state index contributed by atoms with van der Waals surface area (Å²) in [6.07, 6.45) is 5.16. The van der Waals surface area contributed by atoms with Gasteiger partial charge in [-0.05, 0) is 45.6 Å². The van der Waals surface area contributed by atoms with Crippen LogP contribution in [0.25, 0.3) is 0 Å². The molecule has 1 heterocycles. The van der Waals surface area contributed by atoms with Gasteiger partial charge in [0.2, 0.25) is 0 Å². The third-order valence-corrected chi connectivity index (χ3v) is 4.78. The van der Waals surface area contributed by atoms with Gasteiger partial charge in [0.05, 0.1) is 13.2 Å². The van der Waals surface area contributed by atoms with E-state index in [0.717, 1.165) is 58.3 Å². The van der Waals surface area contributed by atoms with Gasteiger partial charge in [0.25, 0.3) is 0 Å². The van der Waals surface area contributed by atoms with Crippen molar-refractivity contribution in [1.82, 2.24) is 10.2 Å². The molecular formula is C16H30N2O3. The van der Waals surface area contributed by atoms with E-state index >= 15 is 0 Å². The van der Waals surface area contributed by atoms with E-state index in [1.807, 2.05) is 0 Å². The number of ether oxygens (including phenoxy) is 2. The minimum absolute atomic E-state index is 0.0995. The Labute approximate surface area is 128 Å². The van der Waals surface area contributed by atoms with Crippen LogP contribution in [0.5, 0.6) is 0 Å². The van der Waals surface area contributed by atoms with Crippen molar-refractivity contribution in [3.63, 3.8) is 0 Å². The molecule has 1 aliphatic carbocycles. The van der Waals surface area contributed by atoms with Crippen LogP contribution in [0.3, 0.4) is 0 Å². The van der Waals surface area contributed by atoms with E-state index in [1.54, 1.807) is 0 Å². The van der Waals surface area contributed by atoms with Gasteiger partial charge >= 0.3 is 5.97 Å². The molecule has 122 valence electrons. The van der Waals surface area contributed by atoms with Crippen LogP contribution in [-0.2, 0) is 14.3 Å². The Balaban J connectivity index is 2.02. The van der Waals surface area contributed by atoms with Crippen LogP contribution in [0.15, 0.2) is 0 Å². The lowest BCUT2D eigenvalue weighted by molar-refractivity contribution is -0.148. The van der Waals surface area contributed by atoms with E-state index in [9.17, 15) is 4.79 Å². The first-order valence-corrected chi connectivity index (χ1v) is 8.30. The molecule has 5 heteroatoms. The quantitative estimate of drug-likeness (QED) is 0.781. The second-order valence-corrected chi connectivity index (χ2v) is 6.43. The van der Waals surface area contributed by atoms with E-state index in [2.05, 4.69) is 24.1 Å². The average Bonchev–Trinajstić information content (AvgIpc) is 2.81. The average molecular weight is 298 g/mol. The predicted octanol–water partition coefficient (Wildman–Crippen LogP) is 1.56. The summed E-state index contributed by atoms with van der Waals surface area (Å²) in [5.41, 5.74) is -0.480. The molecule has 2 fully saturated rings. The van der Waals surface area contributed by atoms with Crippen molar-refractivity contribution in [2.45, 2.75) is 63.6 Å². The van der Waals surface area contributed by atoms with Gasteiger partial charge < -0.3 is 14.8 Å². The Morgan fingerprint density at radius 2 is 2.33 bits per heavy atom. The van der Waals surface area contributed by atoms with E-state index in [4.69, 9.17) is 9.47 Å². The van der Waals surface area contributed by atoms with Crippen LogP contribution in [0.1, 0.15) is 46.0 Å². The fraction of sp³-hybridized carbons (Fsp3) is 0.938. The number of carbonyl (C=O) groups excluding carboxylic acids is 1. The van der Waals surface area contributed by atoms with Crippen molar-refractivity contribution in [3.05, 3.63) is 0 Å². The van der Waals surface area contributed by atoms with Crippen molar-refractivity contribution < 1.29 is 14.3 Å². The third-order valence-electron chi connectivity index (χ3n) is 4.78. The fourth-order valence-corrected chi connectivity index (χ4v) is 3.67. The zero-order chi connectivity index (χ0) is 15.3. The lowest BCUT2D eigenvalue weighted by Crippen LogP contribution is -2.52. The summed E-state index contributed by atoms with van der Waals surface area (Å²) in [4.78, 5) is 14.8. The van der Waals surface area contributed by atoms with E-state index < -0.39 is 5.54 Å². The molecule has 0 aromatic heterocycles. The smallest absolute Gasteiger partial charge is 0.326 e. The highest BCUT2D eigenvalue weighted by atomic mass is 16.5.